The van der Waals surface area contributed by atoms with Gasteiger partial charge in [-0.3, -0.25) is 4.90 Å². The van der Waals surface area contributed by atoms with Gasteiger partial charge in [0.25, 0.3) is 0 Å². The van der Waals surface area contributed by atoms with Crippen molar-refractivity contribution in [2.75, 3.05) is 28.6 Å². The molecule has 0 heterocycles. The van der Waals surface area contributed by atoms with Gasteiger partial charge >= 0.3 is 18.2 Å². The Kier molecular flexibility index (Phi) is 8.71. The summed E-state index contributed by atoms with van der Waals surface area (Å²) in [5.74, 6) is 0. The maximum absolute atomic E-state index is 13.2. The van der Waals surface area contributed by atoms with Crippen LogP contribution in [-0.2, 0) is 6.18 Å². The lowest BCUT2D eigenvalue weighted by Gasteiger charge is -2.24. The first-order valence-electron chi connectivity index (χ1n) is 10.0. The highest BCUT2D eigenvalue weighted by molar-refractivity contribution is 6.42. The maximum Gasteiger partial charge on any atom is 0.416 e. The van der Waals surface area contributed by atoms with Crippen LogP contribution in [0.3, 0.4) is 0 Å². The van der Waals surface area contributed by atoms with E-state index in [2.05, 4.69) is 16.0 Å². The Labute approximate surface area is 214 Å². The van der Waals surface area contributed by atoms with Crippen molar-refractivity contribution in [2.45, 2.75) is 6.18 Å². The van der Waals surface area contributed by atoms with Crippen LogP contribution in [-0.4, -0.2) is 25.2 Å². The molecule has 4 amide bonds. The molecule has 0 saturated heterocycles. The van der Waals surface area contributed by atoms with Crippen LogP contribution in [0.25, 0.3) is 0 Å². The van der Waals surface area contributed by atoms with E-state index >= 15 is 0 Å². The average Bonchev–Trinajstić information content (AvgIpc) is 2.80. The number of nitrogens with one attached hydrogen (secondary N) is 3. The summed E-state index contributed by atoms with van der Waals surface area (Å²) in [5.41, 5.74) is -0.165. The molecule has 0 aromatic heterocycles. The number of hydrogen-bond acceptors (Lipinski definition) is 2. The first kappa shape index (κ1) is 26.5. The van der Waals surface area contributed by atoms with E-state index in [1.54, 1.807) is 24.3 Å². The van der Waals surface area contributed by atoms with Crippen LogP contribution in [0.4, 0.5) is 39.8 Å². The summed E-state index contributed by atoms with van der Waals surface area (Å²) in [4.78, 5) is 26.2. The summed E-state index contributed by atoms with van der Waals surface area (Å²) in [6.45, 7) is -0.201. The lowest BCUT2D eigenvalue weighted by atomic mass is 10.2. The molecule has 3 N–H and O–H groups in total. The molecule has 35 heavy (non-hydrogen) atoms. The number of hydrogen-bond donors (Lipinski definition) is 3. The van der Waals surface area contributed by atoms with Crippen molar-refractivity contribution in [2.24, 2.45) is 0 Å². The van der Waals surface area contributed by atoms with E-state index in [1.165, 1.54) is 30.3 Å². The van der Waals surface area contributed by atoms with Crippen LogP contribution >= 0.6 is 34.8 Å². The number of rotatable bonds is 6. The summed E-state index contributed by atoms with van der Waals surface area (Å²) in [6, 6.07) is 13.8. The second-order valence-corrected chi connectivity index (χ2v) is 8.40. The van der Waals surface area contributed by atoms with E-state index in [4.69, 9.17) is 34.8 Å². The zero-order chi connectivity index (χ0) is 25.6. The SMILES string of the molecule is O=C(NCCN(C(=O)Nc1ccc(Cl)c(Cl)c1)c1cccc(C(F)(F)F)c1)Nc1ccc(Cl)cc1. The Morgan fingerprint density at radius 2 is 1.51 bits per heavy atom. The molecular weight excluding hydrogens is 528 g/mol. The fourth-order valence-electron chi connectivity index (χ4n) is 2.95. The molecular formula is C23H18Cl3F3N4O2. The molecule has 3 aromatic rings. The Balaban J connectivity index is 1.74. The summed E-state index contributed by atoms with van der Waals surface area (Å²) < 4.78 is 39.7. The predicted octanol–water partition coefficient (Wildman–Crippen LogP) is 7.53. The number of alkyl halides is 3. The third-order valence-corrected chi connectivity index (χ3v) is 5.62. The second kappa shape index (κ2) is 11.5. The molecule has 0 unspecified atom stereocenters. The van der Waals surface area contributed by atoms with Crippen LogP contribution in [0.5, 0.6) is 0 Å². The van der Waals surface area contributed by atoms with Crippen molar-refractivity contribution in [3.05, 3.63) is 87.4 Å². The van der Waals surface area contributed by atoms with Gasteiger partial charge in [0.15, 0.2) is 0 Å². The topological polar surface area (TPSA) is 73.5 Å². The molecule has 6 nitrogen and oxygen atoms in total. The molecule has 0 radical (unpaired) electrons. The van der Waals surface area contributed by atoms with Gasteiger partial charge in [0, 0.05) is 35.2 Å². The highest BCUT2D eigenvalue weighted by atomic mass is 35.5. The minimum Gasteiger partial charge on any atom is -0.336 e. The van der Waals surface area contributed by atoms with Crippen molar-refractivity contribution in [1.82, 2.24) is 5.32 Å². The fraction of sp³-hybridized carbons (Fsp3) is 0.130. The van der Waals surface area contributed by atoms with Gasteiger partial charge in [0.1, 0.15) is 0 Å². The van der Waals surface area contributed by atoms with Crippen LogP contribution in [0.1, 0.15) is 5.56 Å². The molecule has 0 fully saturated rings. The van der Waals surface area contributed by atoms with Crippen molar-refractivity contribution in [3.63, 3.8) is 0 Å². The summed E-state index contributed by atoms with van der Waals surface area (Å²) in [7, 11) is 0. The molecule has 0 aliphatic carbocycles. The fourth-order valence-corrected chi connectivity index (χ4v) is 3.38. The standard InChI is InChI=1S/C23H18Cl3F3N4O2/c24-15-4-6-16(7-5-15)31-21(34)30-10-11-33(18-3-1-2-14(12-18)23(27,28)29)22(35)32-17-8-9-19(25)20(26)13-17/h1-9,12-13H,10-11H2,(H,32,35)(H2,30,31,34). The molecule has 0 aliphatic heterocycles. The number of urea groups is 2. The number of benzene rings is 3. The molecule has 0 atom stereocenters. The van der Waals surface area contributed by atoms with E-state index < -0.39 is 23.8 Å². The molecule has 12 heteroatoms. The number of amides is 4. The highest BCUT2D eigenvalue weighted by Gasteiger charge is 2.31. The zero-order valence-electron chi connectivity index (χ0n) is 17.8. The Hall–Kier alpha value is -3.14. The van der Waals surface area contributed by atoms with Gasteiger partial charge in [-0.15, -0.1) is 0 Å². The van der Waals surface area contributed by atoms with E-state index in [1.807, 2.05) is 0 Å². The number of carbonyl (C=O) groups excluding carboxylic acids is 2. The van der Waals surface area contributed by atoms with Gasteiger partial charge in [-0.05, 0) is 60.7 Å². The minimum absolute atomic E-state index is 0.0164. The third kappa shape index (κ3) is 7.68. The lowest BCUT2D eigenvalue weighted by Crippen LogP contribution is -2.42. The van der Waals surface area contributed by atoms with E-state index in [0.717, 1.165) is 17.0 Å². The first-order chi connectivity index (χ1) is 16.5. The van der Waals surface area contributed by atoms with Gasteiger partial charge in [-0.2, -0.15) is 13.2 Å². The molecule has 3 rings (SSSR count). The quantitative estimate of drug-likeness (QED) is 0.300. The smallest absolute Gasteiger partial charge is 0.336 e. The summed E-state index contributed by atoms with van der Waals surface area (Å²) in [5, 5.41) is 8.69. The number of nitrogens with zero attached hydrogens (tertiary/aromatic N) is 1. The molecule has 0 saturated carbocycles. The van der Waals surface area contributed by atoms with E-state index in [-0.39, 0.29) is 34.5 Å². The lowest BCUT2D eigenvalue weighted by molar-refractivity contribution is -0.137. The van der Waals surface area contributed by atoms with Gasteiger partial charge in [0.2, 0.25) is 0 Å². The Morgan fingerprint density at radius 1 is 0.829 bits per heavy atom. The van der Waals surface area contributed by atoms with Crippen LogP contribution in [0, 0.1) is 0 Å². The van der Waals surface area contributed by atoms with E-state index in [0.29, 0.717) is 10.7 Å². The average molecular weight is 546 g/mol. The maximum atomic E-state index is 13.2. The van der Waals surface area contributed by atoms with Crippen LogP contribution in [0.15, 0.2) is 66.7 Å². The second-order valence-electron chi connectivity index (χ2n) is 7.15. The number of carbonyl (C=O) groups is 2. The third-order valence-electron chi connectivity index (χ3n) is 4.62. The number of anilines is 3. The first-order valence-corrected chi connectivity index (χ1v) is 11.2. The largest absolute Gasteiger partial charge is 0.416 e. The van der Waals surface area contributed by atoms with Crippen molar-refractivity contribution in [3.8, 4) is 0 Å². The van der Waals surface area contributed by atoms with Gasteiger partial charge in [-0.1, -0.05) is 40.9 Å². The number of halogens is 6. The summed E-state index contributed by atoms with van der Waals surface area (Å²) in [6.07, 6.45) is -4.60. The monoisotopic (exact) mass is 544 g/mol. The zero-order valence-corrected chi connectivity index (χ0v) is 20.1. The van der Waals surface area contributed by atoms with Gasteiger partial charge < -0.3 is 16.0 Å². The molecule has 0 spiro atoms. The highest BCUT2D eigenvalue weighted by Crippen LogP contribution is 2.32. The molecule has 0 aliphatic rings. The molecule has 184 valence electrons. The predicted molar refractivity (Wildman–Crippen MR) is 133 cm³/mol. The van der Waals surface area contributed by atoms with Crippen molar-refractivity contribution < 1.29 is 22.8 Å². The molecule has 3 aromatic carbocycles. The van der Waals surface area contributed by atoms with Gasteiger partial charge in [-0.25, -0.2) is 9.59 Å². The van der Waals surface area contributed by atoms with Crippen LogP contribution in [0.2, 0.25) is 15.1 Å². The van der Waals surface area contributed by atoms with Crippen LogP contribution < -0.4 is 20.9 Å². The summed E-state index contributed by atoms with van der Waals surface area (Å²) >= 11 is 17.7. The normalized spacial score (nSPS) is 11.0. The van der Waals surface area contributed by atoms with E-state index in [9.17, 15) is 22.8 Å². The van der Waals surface area contributed by atoms with Crippen molar-refractivity contribution in [1.29, 1.82) is 0 Å². The van der Waals surface area contributed by atoms with Gasteiger partial charge in [0.05, 0.1) is 15.6 Å². The minimum atomic E-state index is -4.60. The Morgan fingerprint density at radius 3 is 2.17 bits per heavy atom. The molecule has 0 bridgehead atoms. The van der Waals surface area contributed by atoms with Crippen molar-refractivity contribution >= 4 is 63.9 Å². The Bertz CT molecular complexity index is 1210.